The highest BCUT2D eigenvalue weighted by Crippen LogP contribution is 2.13. The number of hydrogen-bond acceptors (Lipinski definition) is 3. The van der Waals surface area contributed by atoms with Gasteiger partial charge < -0.3 is 16.2 Å². The Morgan fingerprint density at radius 3 is 2.44 bits per heavy atom. The molecule has 1 atom stereocenters. The number of rotatable bonds is 6. The molecule has 98 valence electrons. The first-order valence-corrected chi connectivity index (χ1v) is 5.80. The van der Waals surface area contributed by atoms with Gasteiger partial charge in [0.1, 0.15) is 5.54 Å². The molecule has 0 aromatic heterocycles. The van der Waals surface area contributed by atoms with E-state index in [0.29, 0.717) is 24.9 Å². The summed E-state index contributed by atoms with van der Waals surface area (Å²) in [6.07, 6.45) is 0.843. The molecule has 1 aromatic carbocycles. The van der Waals surface area contributed by atoms with Gasteiger partial charge in [0.25, 0.3) is 5.91 Å². The van der Waals surface area contributed by atoms with Crippen molar-refractivity contribution in [1.29, 1.82) is 0 Å². The highest BCUT2D eigenvalue weighted by Gasteiger charge is 2.34. The summed E-state index contributed by atoms with van der Waals surface area (Å²) in [5.41, 5.74) is 4.53. The van der Waals surface area contributed by atoms with Gasteiger partial charge in [-0.25, -0.2) is 4.79 Å². The number of carboxylic acid groups (broad SMARTS) is 1. The molecule has 0 spiro atoms. The van der Waals surface area contributed by atoms with Gasteiger partial charge in [0.15, 0.2) is 0 Å². The number of hydrogen-bond donors (Lipinski definition) is 3. The lowest BCUT2D eigenvalue weighted by Crippen LogP contribution is -2.52. The van der Waals surface area contributed by atoms with E-state index in [1.165, 1.54) is 6.92 Å². The molecule has 1 amide bonds. The molecule has 0 aliphatic heterocycles. The lowest BCUT2D eigenvalue weighted by Gasteiger charge is -2.26. The van der Waals surface area contributed by atoms with Gasteiger partial charge in [0, 0.05) is 5.56 Å². The quantitative estimate of drug-likeness (QED) is 0.702. The second kappa shape index (κ2) is 6.16. The zero-order valence-electron chi connectivity index (χ0n) is 10.3. The molecule has 5 nitrogen and oxygen atoms in total. The summed E-state index contributed by atoms with van der Waals surface area (Å²) < 4.78 is 0. The minimum absolute atomic E-state index is 0.303. The molecule has 0 aliphatic carbocycles. The zero-order chi connectivity index (χ0) is 13.6. The highest BCUT2D eigenvalue weighted by atomic mass is 16.4. The number of nitrogens with two attached hydrogens (primary N) is 1. The Bertz CT molecular complexity index is 420. The molecule has 18 heavy (non-hydrogen) atoms. The molecule has 0 fully saturated rings. The van der Waals surface area contributed by atoms with E-state index in [1.807, 2.05) is 0 Å². The van der Waals surface area contributed by atoms with E-state index in [9.17, 15) is 14.7 Å². The van der Waals surface area contributed by atoms with E-state index in [0.717, 1.165) is 0 Å². The highest BCUT2D eigenvalue weighted by molar-refractivity contribution is 5.97. The number of carbonyl (C=O) groups is 2. The van der Waals surface area contributed by atoms with Crippen LogP contribution in [-0.2, 0) is 4.79 Å². The summed E-state index contributed by atoms with van der Waals surface area (Å²) >= 11 is 0. The maximum Gasteiger partial charge on any atom is 0.329 e. The summed E-state index contributed by atoms with van der Waals surface area (Å²) in [5, 5.41) is 11.7. The molecule has 4 N–H and O–H groups in total. The molecule has 0 radical (unpaired) electrons. The molecule has 0 heterocycles. The third kappa shape index (κ3) is 3.56. The van der Waals surface area contributed by atoms with Crippen LogP contribution in [0.4, 0.5) is 0 Å². The van der Waals surface area contributed by atoms with E-state index in [-0.39, 0.29) is 0 Å². The van der Waals surface area contributed by atoms with E-state index in [1.54, 1.807) is 30.3 Å². The Kier molecular flexibility index (Phi) is 4.85. The fourth-order valence-corrected chi connectivity index (χ4v) is 1.59. The van der Waals surface area contributed by atoms with Crippen molar-refractivity contribution in [3.63, 3.8) is 0 Å². The maximum atomic E-state index is 11.9. The Balaban J connectivity index is 2.78. The Morgan fingerprint density at radius 1 is 1.33 bits per heavy atom. The van der Waals surface area contributed by atoms with Crippen LogP contribution >= 0.6 is 0 Å². The molecule has 5 heteroatoms. The van der Waals surface area contributed by atoms with Gasteiger partial charge in [-0.3, -0.25) is 4.79 Å². The van der Waals surface area contributed by atoms with Gasteiger partial charge in [-0.05, 0) is 38.4 Å². The molecule has 0 bridgehead atoms. The molecule has 0 aliphatic rings. The lowest BCUT2D eigenvalue weighted by atomic mass is 9.95. The van der Waals surface area contributed by atoms with E-state index in [2.05, 4.69) is 5.32 Å². The van der Waals surface area contributed by atoms with E-state index >= 15 is 0 Å². The van der Waals surface area contributed by atoms with Crippen LogP contribution in [0.2, 0.25) is 0 Å². The average molecular weight is 250 g/mol. The van der Waals surface area contributed by atoms with Crippen molar-refractivity contribution < 1.29 is 14.7 Å². The minimum Gasteiger partial charge on any atom is -0.480 e. The summed E-state index contributed by atoms with van der Waals surface area (Å²) in [6.45, 7) is 1.88. The first-order valence-electron chi connectivity index (χ1n) is 5.80. The molecular formula is C13H18N2O3. The van der Waals surface area contributed by atoms with E-state index < -0.39 is 17.4 Å². The SMILES string of the molecule is CC(CCCN)(NC(=O)c1ccccc1)C(=O)O. The number of amides is 1. The predicted octanol–water partition coefficient (Wildman–Crippen LogP) is 0.999. The summed E-state index contributed by atoms with van der Waals surface area (Å²) in [7, 11) is 0. The van der Waals surface area contributed by atoms with Crippen LogP contribution in [-0.4, -0.2) is 29.1 Å². The van der Waals surface area contributed by atoms with Gasteiger partial charge >= 0.3 is 5.97 Å². The van der Waals surface area contributed by atoms with E-state index in [4.69, 9.17) is 5.73 Å². The number of carboxylic acids is 1. The minimum atomic E-state index is -1.29. The van der Waals surface area contributed by atoms with Crippen LogP contribution < -0.4 is 11.1 Å². The lowest BCUT2D eigenvalue weighted by molar-refractivity contribution is -0.144. The molecule has 1 rings (SSSR count). The second-order valence-electron chi connectivity index (χ2n) is 4.35. The molecule has 1 unspecified atom stereocenters. The summed E-state index contributed by atoms with van der Waals surface area (Å²) in [6, 6.07) is 8.53. The average Bonchev–Trinajstić information content (AvgIpc) is 2.37. The van der Waals surface area contributed by atoms with Gasteiger partial charge in [-0.15, -0.1) is 0 Å². The normalized spacial score (nSPS) is 13.7. The Morgan fingerprint density at radius 2 is 1.94 bits per heavy atom. The number of carbonyl (C=O) groups excluding carboxylic acids is 1. The van der Waals surface area contributed by atoms with Crippen LogP contribution in [0.3, 0.4) is 0 Å². The molecular weight excluding hydrogens is 232 g/mol. The van der Waals surface area contributed by atoms with Crippen molar-refractivity contribution in [2.75, 3.05) is 6.54 Å². The van der Waals surface area contributed by atoms with Crippen molar-refractivity contribution in [1.82, 2.24) is 5.32 Å². The van der Waals surface area contributed by atoms with Crippen LogP contribution in [0.15, 0.2) is 30.3 Å². The van der Waals surface area contributed by atoms with Crippen LogP contribution in [0, 0.1) is 0 Å². The monoisotopic (exact) mass is 250 g/mol. The summed E-state index contributed by atoms with van der Waals surface area (Å²) in [4.78, 5) is 23.2. The second-order valence-corrected chi connectivity index (χ2v) is 4.35. The Hall–Kier alpha value is -1.88. The van der Waals surface area contributed by atoms with Crippen LogP contribution in [0.1, 0.15) is 30.1 Å². The zero-order valence-corrected chi connectivity index (χ0v) is 10.3. The predicted molar refractivity (Wildman–Crippen MR) is 68.2 cm³/mol. The van der Waals surface area contributed by atoms with Crippen LogP contribution in [0.25, 0.3) is 0 Å². The number of nitrogens with one attached hydrogen (secondary N) is 1. The number of aliphatic carboxylic acids is 1. The van der Waals surface area contributed by atoms with Gasteiger partial charge in [0.05, 0.1) is 0 Å². The molecule has 0 saturated carbocycles. The van der Waals surface area contributed by atoms with Crippen molar-refractivity contribution in [2.45, 2.75) is 25.3 Å². The first kappa shape index (κ1) is 14.2. The molecule has 1 aromatic rings. The summed E-state index contributed by atoms with van der Waals surface area (Å²) in [5.74, 6) is -1.45. The fourth-order valence-electron chi connectivity index (χ4n) is 1.59. The standard InChI is InChI=1S/C13H18N2O3/c1-13(12(17)18,8-5-9-14)15-11(16)10-6-3-2-4-7-10/h2-4,6-7H,5,8-9,14H2,1H3,(H,15,16)(H,17,18). The molecule has 0 saturated heterocycles. The Labute approximate surface area is 106 Å². The topological polar surface area (TPSA) is 92.4 Å². The van der Waals surface area contributed by atoms with Crippen molar-refractivity contribution in [3.8, 4) is 0 Å². The van der Waals surface area contributed by atoms with Gasteiger partial charge in [-0.2, -0.15) is 0 Å². The van der Waals surface area contributed by atoms with Crippen molar-refractivity contribution in [3.05, 3.63) is 35.9 Å². The fraction of sp³-hybridized carbons (Fsp3) is 0.385. The van der Waals surface area contributed by atoms with Crippen molar-refractivity contribution >= 4 is 11.9 Å². The number of benzene rings is 1. The maximum absolute atomic E-state index is 11.9. The van der Waals surface area contributed by atoms with Crippen LogP contribution in [0.5, 0.6) is 0 Å². The van der Waals surface area contributed by atoms with Crippen molar-refractivity contribution in [2.24, 2.45) is 5.73 Å². The largest absolute Gasteiger partial charge is 0.480 e. The van der Waals surface area contributed by atoms with Gasteiger partial charge in [0.2, 0.25) is 0 Å². The third-order valence-electron chi connectivity index (χ3n) is 2.78. The van der Waals surface area contributed by atoms with Gasteiger partial charge in [-0.1, -0.05) is 18.2 Å². The third-order valence-corrected chi connectivity index (χ3v) is 2.78. The smallest absolute Gasteiger partial charge is 0.329 e. The first-order chi connectivity index (χ1) is 8.49.